The fourth-order valence-electron chi connectivity index (χ4n) is 1.72. The van der Waals surface area contributed by atoms with E-state index in [-0.39, 0.29) is 4.90 Å². The van der Waals surface area contributed by atoms with Gasteiger partial charge in [0.1, 0.15) is 0 Å². The van der Waals surface area contributed by atoms with Crippen LogP contribution in [0.5, 0.6) is 0 Å². The van der Waals surface area contributed by atoms with Gasteiger partial charge in [-0.05, 0) is 38.2 Å². The molecule has 102 valence electrons. The first kappa shape index (κ1) is 14.8. The molecule has 0 aliphatic carbocycles. The van der Waals surface area contributed by atoms with Gasteiger partial charge in [0.15, 0.2) is 9.84 Å². The van der Waals surface area contributed by atoms with E-state index in [1.807, 2.05) is 19.0 Å². The molecule has 1 rings (SSSR count). The molecule has 5 nitrogen and oxygen atoms in total. The second-order valence-corrected chi connectivity index (χ2v) is 6.39. The minimum absolute atomic E-state index is 0.257. The summed E-state index contributed by atoms with van der Waals surface area (Å²) < 4.78 is 22.8. The molecule has 0 bridgehead atoms. The van der Waals surface area contributed by atoms with Crippen molar-refractivity contribution in [2.45, 2.75) is 11.3 Å². The van der Waals surface area contributed by atoms with Gasteiger partial charge in [-0.3, -0.25) is 0 Å². The number of benzene rings is 1. The Balaban J connectivity index is 2.85. The zero-order chi connectivity index (χ0) is 13.8. The van der Waals surface area contributed by atoms with Crippen molar-refractivity contribution in [3.63, 3.8) is 0 Å². The lowest BCUT2D eigenvalue weighted by atomic mass is 10.2. The molecule has 0 radical (unpaired) electrons. The molecule has 18 heavy (non-hydrogen) atoms. The number of anilines is 2. The van der Waals surface area contributed by atoms with Crippen molar-refractivity contribution in [3.05, 3.63) is 18.2 Å². The Hall–Kier alpha value is -1.27. The molecule has 0 unspecified atom stereocenters. The van der Waals surface area contributed by atoms with E-state index in [4.69, 9.17) is 5.73 Å². The molecule has 0 heterocycles. The van der Waals surface area contributed by atoms with E-state index in [2.05, 4.69) is 5.32 Å². The van der Waals surface area contributed by atoms with Crippen LogP contribution >= 0.6 is 0 Å². The first-order valence-corrected chi connectivity index (χ1v) is 7.70. The van der Waals surface area contributed by atoms with Crippen LogP contribution in [0.2, 0.25) is 0 Å². The van der Waals surface area contributed by atoms with E-state index < -0.39 is 9.84 Å². The molecule has 0 spiro atoms. The third kappa shape index (κ3) is 3.89. The van der Waals surface area contributed by atoms with Crippen molar-refractivity contribution in [2.24, 2.45) is 0 Å². The van der Waals surface area contributed by atoms with Crippen LogP contribution in [0, 0.1) is 0 Å². The average molecular weight is 271 g/mol. The van der Waals surface area contributed by atoms with Gasteiger partial charge in [-0.25, -0.2) is 8.42 Å². The normalized spacial score (nSPS) is 11.5. The van der Waals surface area contributed by atoms with E-state index in [1.54, 1.807) is 12.1 Å². The van der Waals surface area contributed by atoms with Crippen molar-refractivity contribution >= 4 is 21.2 Å². The Labute approximate surface area is 109 Å². The standard InChI is InChI=1S/C12H21N3O2S/c1-14-7-4-8-15(2)12-6-5-10(9-11(12)13)18(3,16)17/h5-6,9,14H,4,7-8,13H2,1-3H3. The van der Waals surface area contributed by atoms with Crippen molar-refractivity contribution in [1.29, 1.82) is 0 Å². The summed E-state index contributed by atoms with van der Waals surface area (Å²) >= 11 is 0. The first-order valence-electron chi connectivity index (χ1n) is 5.81. The summed E-state index contributed by atoms with van der Waals surface area (Å²) in [6, 6.07) is 4.86. The van der Waals surface area contributed by atoms with Gasteiger partial charge in [0, 0.05) is 19.8 Å². The molecule has 0 amide bonds. The Morgan fingerprint density at radius 2 is 2.06 bits per heavy atom. The highest BCUT2D eigenvalue weighted by Crippen LogP contribution is 2.25. The van der Waals surface area contributed by atoms with Gasteiger partial charge in [0.05, 0.1) is 16.3 Å². The van der Waals surface area contributed by atoms with Gasteiger partial charge < -0.3 is 16.0 Å². The van der Waals surface area contributed by atoms with E-state index in [9.17, 15) is 8.42 Å². The van der Waals surface area contributed by atoms with Crippen LogP contribution in [0.4, 0.5) is 11.4 Å². The maximum Gasteiger partial charge on any atom is 0.175 e. The number of nitrogen functional groups attached to an aromatic ring is 1. The summed E-state index contributed by atoms with van der Waals surface area (Å²) in [5, 5.41) is 3.08. The Kier molecular flexibility index (Phi) is 4.98. The van der Waals surface area contributed by atoms with Crippen LogP contribution in [0.15, 0.2) is 23.1 Å². The highest BCUT2D eigenvalue weighted by molar-refractivity contribution is 7.90. The topological polar surface area (TPSA) is 75.4 Å². The summed E-state index contributed by atoms with van der Waals surface area (Å²) in [7, 11) is 0.661. The fourth-order valence-corrected chi connectivity index (χ4v) is 2.38. The summed E-state index contributed by atoms with van der Waals surface area (Å²) in [6.07, 6.45) is 2.18. The van der Waals surface area contributed by atoms with Gasteiger partial charge in [0.2, 0.25) is 0 Å². The molecule has 0 aromatic heterocycles. The molecule has 0 saturated carbocycles. The van der Waals surface area contributed by atoms with Crippen LogP contribution in [-0.2, 0) is 9.84 Å². The number of hydrogen-bond donors (Lipinski definition) is 2. The predicted molar refractivity (Wildman–Crippen MR) is 75.8 cm³/mol. The van der Waals surface area contributed by atoms with Crippen LogP contribution in [0.1, 0.15) is 6.42 Å². The molecule has 0 atom stereocenters. The molecule has 3 N–H and O–H groups in total. The summed E-state index contributed by atoms with van der Waals surface area (Å²) in [6.45, 7) is 1.80. The molecule has 1 aromatic carbocycles. The number of rotatable bonds is 6. The molecule has 0 saturated heterocycles. The zero-order valence-corrected chi connectivity index (χ0v) is 11.9. The molecule has 0 aliphatic heterocycles. The van der Waals surface area contributed by atoms with Crippen molar-refractivity contribution in [2.75, 3.05) is 44.1 Å². The third-order valence-corrected chi connectivity index (χ3v) is 3.87. The number of nitrogens with zero attached hydrogens (tertiary/aromatic N) is 1. The average Bonchev–Trinajstić information content (AvgIpc) is 2.27. The first-order chi connectivity index (χ1) is 8.36. The number of sulfone groups is 1. The van der Waals surface area contributed by atoms with E-state index in [0.29, 0.717) is 5.69 Å². The summed E-state index contributed by atoms with van der Waals surface area (Å²) in [4.78, 5) is 2.28. The fraction of sp³-hybridized carbons (Fsp3) is 0.500. The van der Waals surface area contributed by atoms with Crippen LogP contribution in [0.3, 0.4) is 0 Å². The Morgan fingerprint density at radius 1 is 1.39 bits per heavy atom. The lowest BCUT2D eigenvalue weighted by Crippen LogP contribution is -2.23. The minimum Gasteiger partial charge on any atom is -0.397 e. The lowest BCUT2D eigenvalue weighted by molar-refractivity contribution is 0.602. The van der Waals surface area contributed by atoms with Crippen LogP contribution in [0.25, 0.3) is 0 Å². The second-order valence-electron chi connectivity index (χ2n) is 4.37. The van der Waals surface area contributed by atoms with Gasteiger partial charge in [0.25, 0.3) is 0 Å². The van der Waals surface area contributed by atoms with Crippen molar-refractivity contribution in [3.8, 4) is 0 Å². The van der Waals surface area contributed by atoms with Gasteiger partial charge >= 0.3 is 0 Å². The SMILES string of the molecule is CNCCCN(C)c1ccc(S(C)(=O)=O)cc1N. The Morgan fingerprint density at radius 3 is 2.56 bits per heavy atom. The minimum atomic E-state index is -3.20. The number of nitrogens with two attached hydrogens (primary N) is 1. The van der Waals surface area contributed by atoms with E-state index >= 15 is 0 Å². The van der Waals surface area contributed by atoms with Crippen LogP contribution < -0.4 is 16.0 Å². The summed E-state index contributed by atoms with van der Waals surface area (Å²) in [5.41, 5.74) is 7.25. The van der Waals surface area contributed by atoms with E-state index in [0.717, 1.165) is 25.2 Å². The van der Waals surface area contributed by atoms with Gasteiger partial charge in [-0.1, -0.05) is 0 Å². The maximum atomic E-state index is 11.4. The summed E-state index contributed by atoms with van der Waals surface area (Å²) in [5.74, 6) is 0. The molecule has 1 aromatic rings. The third-order valence-electron chi connectivity index (χ3n) is 2.76. The largest absolute Gasteiger partial charge is 0.397 e. The second kappa shape index (κ2) is 6.06. The van der Waals surface area contributed by atoms with Crippen LogP contribution in [-0.4, -0.2) is 41.9 Å². The Bertz CT molecular complexity index is 500. The van der Waals surface area contributed by atoms with E-state index in [1.165, 1.54) is 12.3 Å². The lowest BCUT2D eigenvalue weighted by Gasteiger charge is -2.21. The number of hydrogen-bond acceptors (Lipinski definition) is 5. The smallest absolute Gasteiger partial charge is 0.175 e. The van der Waals surface area contributed by atoms with Crippen molar-refractivity contribution < 1.29 is 8.42 Å². The zero-order valence-electron chi connectivity index (χ0n) is 11.1. The van der Waals surface area contributed by atoms with Gasteiger partial charge in [-0.2, -0.15) is 0 Å². The number of nitrogens with one attached hydrogen (secondary N) is 1. The predicted octanol–water partition coefficient (Wildman–Crippen LogP) is 0.718. The van der Waals surface area contributed by atoms with Gasteiger partial charge in [-0.15, -0.1) is 0 Å². The molecule has 6 heteroatoms. The molecule has 0 fully saturated rings. The van der Waals surface area contributed by atoms with Crippen molar-refractivity contribution in [1.82, 2.24) is 5.32 Å². The molecular formula is C12H21N3O2S. The monoisotopic (exact) mass is 271 g/mol. The maximum absolute atomic E-state index is 11.4. The highest BCUT2D eigenvalue weighted by Gasteiger charge is 2.11. The highest BCUT2D eigenvalue weighted by atomic mass is 32.2. The molecule has 0 aliphatic rings. The molecular weight excluding hydrogens is 250 g/mol. The quantitative estimate of drug-likeness (QED) is 0.589.